The maximum Gasteiger partial charge on any atom is 0.251 e. The summed E-state index contributed by atoms with van der Waals surface area (Å²) < 4.78 is 0. The van der Waals surface area contributed by atoms with Gasteiger partial charge in [-0.15, -0.1) is 12.4 Å². The lowest BCUT2D eigenvalue weighted by atomic mass is 10.0. The van der Waals surface area contributed by atoms with E-state index in [1.165, 1.54) is 0 Å². The Morgan fingerprint density at radius 2 is 1.85 bits per heavy atom. The predicted molar refractivity (Wildman–Crippen MR) is 86.7 cm³/mol. The number of fused-ring (bicyclic) bond motifs is 1. The van der Waals surface area contributed by atoms with Crippen LogP contribution in [0.3, 0.4) is 0 Å². The second-order valence-corrected chi connectivity index (χ2v) is 4.70. The Morgan fingerprint density at radius 3 is 2.60 bits per heavy atom. The summed E-state index contributed by atoms with van der Waals surface area (Å²) in [5.74, 6) is -0.0125. The number of carbonyl (C=O) groups excluding carboxylic acids is 1. The van der Waals surface area contributed by atoms with E-state index in [1.54, 1.807) is 0 Å². The molecule has 0 heterocycles. The first-order valence-electron chi connectivity index (χ1n) is 6.71. The smallest absolute Gasteiger partial charge is 0.251 e. The third-order valence-corrected chi connectivity index (χ3v) is 3.16. The molecular formula is C16H21ClN2O. The van der Waals surface area contributed by atoms with Crippen molar-refractivity contribution in [2.24, 2.45) is 0 Å². The Labute approximate surface area is 126 Å². The van der Waals surface area contributed by atoms with Crippen molar-refractivity contribution >= 4 is 29.1 Å². The summed E-state index contributed by atoms with van der Waals surface area (Å²) in [4.78, 5) is 12.2. The van der Waals surface area contributed by atoms with Crippen LogP contribution >= 0.6 is 12.4 Å². The summed E-state index contributed by atoms with van der Waals surface area (Å²) in [5.41, 5.74) is 0.738. The molecule has 0 unspecified atom stereocenters. The van der Waals surface area contributed by atoms with Crippen molar-refractivity contribution in [2.75, 3.05) is 13.1 Å². The normalized spacial score (nSPS) is 11.7. The molecule has 0 aliphatic heterocycles. The van der Waals surface area contributed by atoms with Gasteiger partial charge < -0.3 is 10.6 Å². The molecule has 2 rings (SSSR count). The molecule has 1 amide bonds. The van der Waals surface area contributed by atoms with Crippen molar-refractivity contribution in [1.82, 2.24) is 10.6 Å². The van der Waals surface area contributed by atoms with Crippen molar-refractivity contribution in [3.05, 3.63) is 48.0 Å². The van der Waals surface area contributed by atoms with Gasteiger partial charge in [-0.3, -0.25) is 4.79 Å². The van der Waals surface area contributed by atoms with Crippen molar-refractivity contribution in [1.29, 1.82) is 0 Å². The fourth-order valence-electron chi connectivity index (χ4n) is 2.19. The van der Waals surface area contributed by atoms with E-state index in [1.807, 2.05) is 42.5 Å². The molecule has 20 heavy (non-hydrogen) atoms. The molecule has 4 heteroatoms. The van der Waals surface area contributed by atoms with Crippen LogP contribution in [0.2, 0.25) is 0 Å². The van der Waals surface area contributed by atoms with Crippen LogP contribution in [0, 0.1) is 0 Å². The van der Waals surface area contributed by atoms with Crippen LogP contribution in [0.15, 0.2) is 42.5 Å². The number of nitrogens with one attached hydrogen (secondary N) is 2. The molecule has 3 nitrogen and oxygen atoms in total. The molecular weight excluding hydrogens is 272 g/mol. The first-order valence-corrected chi connectivity index (χ1v) is 6.71. The van der Waals surface area contributed by atoms with Crippen molar-refractivity contribution in [3.8, 4) is 0 Å². The first-order chi connectivity index (χ1) is 9.22. The molecule has 2 aromatic carbocycles. The molecule has 0 bridgehead atoms. The Kier molecular flexibility index (Phi) is 6.49. The molecule has 0 aliphatic carbocycles. The SMILES string of the molecule is CCN[C@H](C)CNC(=O)c1cccc2ccccc12.Cl. The molecule has 1 atom stereocenters. The number of hydrogen-bond acceptors (Lipinski definition) is 2. The molecule has 0 saturated carbocycles. The highest BCUT2D eigenvalue weighted by Crippen LogP contribution is 2.18. The lowest BCUT2D eigenvalue weighted by Gasteiger charge is -2.14. The van der Waals surface area contributed by atoms with Gasteiger partial charge in [0.2, 0.25) is 0 Å². The van der Waals surface area contributed by atoms with Gasteiger partial charge in [-0.05, 0) is 30.3 Å². The topological polar surface area (TPSA) is 41.1 Å². The number of carbonyl (C=O) groups is 1. The largest absolute Gasteiger partial charge is 0.350 e. The fraction of sp³-hybridized carbons (Fsp3) is 0.312. The van der Waals surface area contributed by atoms with Crippen LogP contribution in [0.4, 0.5) is 0 Å². The van der Waals surface area contributed by atoms with E-state index < -0.39 is 0 Å². The monoisotopic (exact) mass is 292 g/mol. The highest BCUT2D eigenvalue weighted by molar-refractivity contribution is 6.06. The molecule has 2 N–H and O–H groups in total. The van der Waals surface area contributed by atoms with Gasteiger partial charge >= 0.3 is 0 Å². The molecule has 0 spiro atoms. The Hall–Kier alpha value is -1.58. The van der Waals surface area contributed by atoms with E-state index >= 15 is 0 Å². The van der Waals surface area contributed by atoms with Gasteiger partial charge in [0.05, 0.1) is 0 Å². The number of benzene rings is 2. The van der Waals surface area contributed by atoms with Crippen molar-refractivity contribution in [3.63, 3.8) is 0 Å². The van der Waals surface area contributed by atoms with Crippen LogP contribution in [-0.4, -0.2) is 25.0 Å². The van der Waals surface area contributed by atoms with Crippen LogP contribution in [0.25, 0.3) is 10.8 Å². The summed E-state index contributed by atoms with van der Waals surface area (Å²) in [5, 5.41) is 8.34. The number of hydrogen-bond donors (Lipinski definition) is 2. The van der Waals surface area contributed by atoms with Crippen LogP contribution in [0.5, 0.6) is 0 Å². The highest BCUT2D eigenvalue weighted by Gasteiger charge is 2.10. The highest BCUT2D eigenvalue weighted by atomic mass is 35.5. The maximum absolute atomic E-state index is 12.2. The first kappa shape index (κ1) is 16.5. The van der Waals surface area contributed by atoms with Gasteiger partial charge in [0.25, 0.3) is 5.91 Å². The zero-order valence-electron chi connectivity index (χ0n) is 11.8. The fourth-order valence-corrected chi connectivity index (χ4v) is 2.19. The summed E-state index contributed by atoms with van der Waals surface area (Å²) in [6, 6.07) is 14.0. The second kappa shape index (κ2) is 7.88. The summed E-state index contributed by atoms with van der Waals surface area (Å²) in [6.45, 7) is 5.66. The Morgan fingerprint density at radius 1 is 1.15 bits per heavy atom. The molecule has 0 saturated heterocycles. The summed E-state index contributed by atoms with van der Waals surface area (Å²) in [6.07, 6.45) is 0. The number of rotatable bonds is 5. The average Bonchev–Trinajstić information content (AvgIpc) is 2.44. The summed E-state index contributed by atoms with van der Waals surface area (Å²) in [7, 11) is 0. The van der Waals surface area contributed by atoms with E-state index in [4.69, 9.17) is 0 Å². The van der Waals surface area contributed by atoms with E-state index in [9.17, 15) is 4.79 Å². The maximum atomic E-state index is 12.2. The predicted octanol–water partition coefficient (Wildman–Crippen LogP) is 2.99. The minimum absolute atomic E-state index is 0. The third-order valence-electron chi connectivity index (χ3n) is 3.16. The molecule has 0 aromatic heterocycles. The average molecular weight is 293 g/mol. The van der Waals surface area contributed by atoms with Crippen molar-refractivity contribution < 1.29 is 4.79 Å². The molecule has 108 valence electrons. The Bertz CT molecular complexity index is 566. The van der Waals surface area contributed by atoms with Crippen LogP contribution in [-0.2, 0) is 0 Å². The summed E-state index contributed by atoms with van der Waals surface area (Å²) >= 11 is 0. The van der Waals surface area contributed by atoms with Crippen LogP contribution in [0.1, 0.15) is 24.2 Å². The van der Waals surface area contributed by atoms with Gasteiger partial charge in [0.15, 0.2) is 0 Å². The molecule has 0 aliphatic rings. The quantitative estimate of drug-likeness (QED) is 0.889. The number of halogens is 1. The van der Waals surface area contributed by atoms with Gasteiger partial charge in [-0.25, -0.2) is 0 Å². The van der Waals surface area contributed by atoms with Crippen LogP contribution < -0.4 is 10.6 Å². The minimum atomic E-state index is -0.0125. The van der Waals surface area contributed by atoms with Gasteiger partial charge in [0, 0.05) is 18.2 Å². The lowest BCUT2D eigenvalue weighted by Crippen LogP contribution is -2.38. The second-order valence-electron chi connectivity index (χ2n) is 4.70. The van der Waals surface area contributed by atoms with Gasteiger partial charge in [0.1, 0.15) is 0 Å². The van der Waals surface area contributed by atoms with E-state index in [-0.39, 0.29) is 24.4 Å². The van der Waals surface area contributed by atoms with Gasteiger partial charge in [-0.1, -0.05) is 43.3 Å². The number of likely N-dealkylation sites (N-methyl/N-ethyl adjacent to an activating group) is 1. The third kappa shape index (κ3) is 3.95. The zero-order chi connectivity index (χ0) is 13.7. The molecule has 0 radical (unpaired) electrons. The Balaban J connectivity index is 0.00000200. The van der Waals surface area contributed by atoms with E-state index in [0.29, 0.717) is 6.54 Å². The zero-order valence-corrected chi connectivity index (χ0v) is 12.7. The van der Waals surface area contributed by atoms with Crippen molar-refractivity contribution in [2.45, 2.75) is 19.9 Å². The number of amides is 1. The molecule has 0 fully saturated rings. The van der Waals surface area contributed by atoms with E-state index in [0.717, 1.165) is 22.9 Å². The lowest BCUT2D eigenvalue weighted by molar-refractivity contribution is 0.0952. The minimum Gasteiger partial charge on any atom is -0.350 e. The standard InChI is InChI=1S/C16H20N2O.ClH/c1-3-17-12(2)11-18-16(19)15-10-6-8-13-7-4-5-9-14(13)15;/h4-10,12,17H,3,11H2,1-2H3,(H,18,19);1H/t12-;/m1./s1. The van der Waals surface area contributed by atoms with E-state index in [2.05, 4.69) is 24.5 Å². The van der Waals surface area contributed by atoms with Gasteiger partial charge in [-0.2, -0.15) is 0 Å². The molecule has 2 aromatic rings.